The first-order valence-electron chi connectivity index (χ1n) is 8.86. The number of benzene rings is 2. The maximum Gasteiger partial charge on any atom is 0.222 e. The Bertz CT molecular complexity index is 733. The van der Waals surface area contributed by atoms with Crippen LogP contribution in [0.5, 0.6) is 0 Å². The van der Waals surface area contributed by atoms with E-state index in [1.54, 1.807) is 0 Å². The van der Waals surface area contributed by atoms with Gasteiger partial charge >= 0.3 is 0 Å². The Balaban J connectivity index is 1.42. The van der Waals surface area contributed by atoms with Crippen molar-refractivity contribution in [2.75, 3.05) is 13.2 Å². The third-order valence-electron chi connectivity index (χ3n) is 5.08. The van der Waals surface area contributed by atoms with Crippen LogP contribution >= 0.6 is 0 Å². The van der Waals surface area contributed by atoms with Gasteiger partial charge < -0.3 is 33.9 Å². The zero-order valence-electron chi connectivity index (χ0n) is 14.4. The lowest BCUT2D eigenvalue weighted by Gasteiger charge is -2.40. The second-order valence-corrected chi connectivity index (χ2v) is 7.01. The molecule has 2 aromatic carbocycles. The molecule has 0 bridgehead atoms. The van der Waals surface area contributed by atoms with Gasteiger partial charge in [-0.05, 0) is 0 Å². The number of hydrogen-bond acceptors (Lipinski definition) is 7. The van der Waals surface area contributed by atoms with Crippen LogP contribution in [-0.2, 0) is 23.7 Å². The summed E-state index contributed by atoms with van der Waals surface area (Å²) in [7, 11) is 0. The van der Waals surface area contributed by atoms with Crippen molar-refractivity contribution in [1.29, 1.82) is 0 Å². The van der Waals surface area contributed by atoms with Crippen LogP contribution in [0, 0.1) is 0 Å². The molecule has 0 amide bonds. The van der Waals surface area contributed by atoms with Crippen LogP contribution in [0.2, 0.25) is 0 Å². The Kier molecular flexibility index (Phi) is 4.06. The average Bonchev–Trinajstić information content (AvgIpc) is 2.94. The van der Waals surface area contributed by atoms with Gasteiger partial charge in [0.25, 0.3) is 0 Å². The lowest BCUT2D eigenvalue weighted by molar-refractivity contribution is -0.383. The van der Waals surface area contributed by atoms with Crippen molar-refractivity contribution >= 4 is 0 Å². The van der Waals surface area contributed by atoms with Crippen molar-refractivity contribution < 1.29 is 33.9 Å². The monoisotopic (exact) mass is 372 g/mol. The summed E-state index contributed by atoms with van der Waals surface area (Å²) in [4.78, 5) is 0. The zero-order valence-corrected chi connectivity index (χ0v) is 14.4. The minimum Gasteiger partial charge on any atom is -0.361 e. The van der Waals surface area contributed by atoms with Gasteiger partial charge in [-0.3, -0.25) is 0 Å². The molecule has 7 nitrogen and oxygen atoms in total. The van der Waals surface area contributed by atoms with Gasteiger partial charge in [0.15, 0.2) is 12.6 Å². The maximum atomic E-state index is 10.9. The van der Waals surface area contributed by atoms with E-state index in [-0.39, 0.29) is 13.2 Å². The molecule has 0 saturated carbocycles. The van der Waals surface area contributed by atoms with Gasteiger partial charge in [-0.2, -0.15) is 0 Å². The maximum absolute atomic E-state index is 10.9. The quantitative estimate of drug-likeness (QED) is 0.828. The molecule has 5 rings (SSSR count). The Hall–Kier alpha value is -1.84. The van der Waals surface area contributed by atoms with E-state index in [1.807, 2.05) is 60.7 Å². The minimum atomic E-state index is -1.82. The second-order valence-electron chi connectivity index (χ2n) is 7.01. The highest BCUT2D eigenvalue weighted by molar-refractivity contribution is 5.19. The highest BCUT2D eigenvalue weighted by Crippen LogP contribution is 2.48. The van der Waals surface area contributed by atoms with Crippen LogP contribution in [0.25, 0.3) is 0 Å². The third kappa shape index (κ3) is 2.88. The fraction of sp³-hybridized carbons (Fsp3) is 0.400. The SMILES string of the molecule is O[C@]12COC(c3ccccc3)O[C@H]1[C@@H]1OC(c3ccccc3)OC[C@]1(O)O2. The first-order chi connectivity index (χ1) is 13.1. The molecule has 6 atom stereocenters. The Morgan fingerprint density at radius 1 is 0.667 bits per heavy atom. The van der Waals surface area contributed by atoms with E-state index in [0.29, 0.717) is 0 Å². The molecule has 3 aliphatic rings. The molecular formula is C20H20O7. The Labute approximate surface area is 156 Å². The molecule has 142 valence electrons. The first-order valence-corrected chi connectivity index (χ1v) is 8.86. The third-order valence-corrected chi connectivity index (χ3v) is 5.08. The lowest BCUT2D eigenvalue weighted by Crippen LogP contribution is -2.55. The van der Waals surface area contributed by atoms with Crippen molar-refractivity contribution in [2.24, 2.45) is 0 Å². The fourth-order valence-corrected chi connectivity index (χ4v) is 3.78. The molecule has 0 radical (unpaired) electrons. The van der Waals surface area contributed by atoms with Crippen LogP contribution in [0.4, 0.5) is 0 Å². The average molecular weight is 372 g/mol. The van der Waals surface area contributed by atoms with Crippen molar-refractivity contribution in [2.45, 2.75) is 36.4 Å². The largest absolute Gasteiger partial charge is 0.361 e. The predicted molar refractivity (Wildman–Crippen MR) is 91.0 cm³/mol. The smallest absolute Gasteiger partial charge is 0.222 e. The summed E-state index contributed by atoms with van der Waals surface area (Å²) in [5.41, 5.74) is 1.61. The lowest BCUT2D eigenvalue weighted by atomic mass is 10.0. The fourth-order valence-electron chi connectivity index (χ4n) is 3.78. The van der Waals surface area contributed by atoms with Gasteiger partial charge in [0.05, 0.1) is 0 Å². The Morgan fingerprint density at radius 3 is 1.48 bits per heavy atom. The molecule has 2 unspecified atom stereocenters. The van der Waals surface area contributed by atoms with E-state index in [4.69, 9.17) is 23.7 Å². The molecule has 7 heteroatoms. The number of hydrogen-bond donors (Lipinski definition) is 2. The van der Waals surface area contributed by atoms with Gasteiger partial charge in [-0.25, -0.2) is 0 Å². The molecule has 3 saturated heterocycles. The van der Waals surface area contributed by atoms with Gasteiger partial charge in [-0.1, -0.05) is 60.7 Å². The van der Waals surface area contributed by atoms with Crippen LogP contribution in [-0.4, -0.2) is 47.2 Å². The van der Waals surface area contributed by atoms with Gasteiger partial charge in [-0.15, -0.1) is 0 Å². The summed E-state index contributed by atoms with van der Waals surface area (Å²) in [6.07, 6.45) is -3.25. The highest BCUT2D eigenvalue weighted by Gasteiger charge is 2.68. The van der Waals surface area contributed by atoms with Gasteiger partial charge in [0.1, 0.15) is 25.4 Å². The van der Waals surface area contributed by atoms with E-state index in [9.17, 15) is 10.2 Å². The molecular weight excluding hydrogens is 352 g/mol. The molecule has 2 N–H and O–H groups in total. The predicted octanol–water partition coefficient (Wildman–Crippen LogP) is 1.62. The molecule has 0 aliphatic carbocycles. The number of rotatable bonds is 2. The minimum absolute atomic E-state index is 0.157. The van der Waals surface area contributed by atoms with Crippen LogP contribution in [0.3, 0.4) is 0 Å². The first kappa shape index (κ1) is 17.3. The molecule has 0 spiro atoms. The molecule has 27 heavy (non-hydrogen) atoms. The van der Waals surface area contributed by atoms with E-state index >= 15 is 0 Å². The molecule has 0 aromatic heterocycles. The van der Waals surface area contributed by atoms with Crippen molar-refractivity contribution in [3.63, 3.8) is 0 Å². The summed E-state index contributed by atoms with van der Waals surface area (Å²) < 4.78 is 28.8. The van der Waals surface area contributed by atoms with Gasteiger partial charge in [0, 0.05) is 11.1 Å². The standard InChI is InChI=1S/C20H20O7/c21-19-11-23-17(13-7-3-1-4-8-13)25-15(19)16-20(22,27-19)12-24-18(26-16)14-9-5-2-6-10-14/h1-10,15-18,21-22H,11-12H2/t15-,16-,17?,18?,19-,20-/m0/s1. The van der Waals surface area contributed by atoms with E-state index in [1.165, 1.54) is 0 Å². The topological polar surface area (TPSA) is 86.6 Å². The van der Waals surface area contributed by atoms with E-state index in [0.717, 1.165) is 11.1 Å². The summed E-state index contributed by atoms with van der Waals surface area (Å²) in [6, 6.07) is 18.8. The second kappa shape index (κ2) is 6.35. The van der Waals surface area contributed by atoms with Crippen LogP contribution in [0.1, 0.15) is 23.7 Å². The van der Waals surface area contributed by atoms with Crippen LogP contribution in [0.15, 0.2) is 60.7 Å². The summed E-state index contributed by atoms with van der Waals surface area (Å²) >= 11 is 0. The van der Waals surface area contributed by atoms with Crippen molar-refractivity contribution in [1.82, 2.24) is 0 Å². The van der Waals surface area contributed by atoms with Crippen molar-refractivity contribution in [3.8, 4) is 0 Å². The summed E-state index contributed by atoms with van der Waals surface area (Å²) in [5.74, 6) is -3.64. The number of fused-ring (bicyclic) bond motifs is 3. The van der Waals surface area contributed by atoms with E-state index < -0.39 is 36.4 Å². The molecule has 3 fully saturated rings. The summed E-state index contributed by atoms with van der Waals surface area (Å²) in [5, 5.41) is 21.7. The highest BCUT2D eigenvalue weighted by atomic mass is 16.8. The van der Waals surface area contributed by atoms with Crippen molar-refractivity contribution in [3.05, 3.63) is 71.8 Å². The number of ether oxygens (including phenoxy) is 5. The van der Waals surface area contributed by atoms with Crippen LogP contribution < -0.4 is 0 Å². The Morgan fingerprint density at radius 2 is 1.07 bits per heavy atom. The zero-order chi connectivity index (χ0) is 18.5. The summed E-state index contributed by atoms with van der Waals surface area (Å²) in [6.45, 7) is -0.315. The molecule has 2 aromatic rings. The van der Waals surface area contributed by atoms with Gasteiger partial charge in [0.2, 0.25) is 11.6 Å². The molecule has 3 aliphatic heterocycles. The molecule has 3 heterocycles. The van der Waals surface area contributed by atoms with E-state index in [2.05, 4.69) is 0 Å². The number of aliphatic hydroxyl groups is 2. The normalized spacial score (nSPS) is 41.0.